The van der Waals surface area contributed by atoms with Crippen molar-refractivity contribution in [3.63, 3.8) is 0 Å². The predicted molar refractivity (Wildman–Crippen MR) is 144 cm³/mol. The molecule has 1 unspecified atom stereocenters. The number of benzene rings is 3. The molecule has 0 nitrogen and oxygen atoms in total. The van der Waals surface area contributed by atoms with E-state index >= 15 is 0 Å². The topological polar surface area (TPSA) is 0 Å². The molecule has 0 spiro atoms. The second-order valence-electron chi connectivity index (χ2n) is 10.8. The van der Waals surface area contributed by atoms with Crippen molar-refractivity contribution in [3.8, 4) is 11.1 Å². The van der Waals surface area contributed by atoms with E-state index < -0.39 is 21.3 Å². The zero-order chi connectivity index (χ0) is 24.7. The van der Waals surface area contributed by atoms with Gasteiger partial charge in [-0.05, 0) is 0 Å². The summed E-state index contributed by atoms with van der Waals surface area (Å²) in [7, 11) is 0. The first-order chi connectivity index (χ1) is 16.8. The van der Waals surface area contributed by atoms with E-state index in [0.29, 0.717) is 9.54 Å². The van der Waals surface area contributed by atoms with E-state index in [1.807, 2.05) is 12.1 Å². The van der Waals surface area contributed by atoms with Crippen LogP contribution in [0.4, 0.5) is 4.39 Å². The number of hydrogen-bond acceptors (Lipinski definition) is 0. The number of hydrogen-bond donors (Lipinski definition) is 0. The molecule has 37 heavy (non-hydrogen) atoms. The van der Waals surface area contributed by atoms with Gasteiger partial charge in [-0.1, -0.05) is 0 Å². The van der Waals surface area contributed by atoms with Gasteiger partial charge >= 0.3 is 219 Å². The van der Waals surface area contributed by atoms with Crippen LogP contribution in [0.25, 0.3) is 11.1 Å². The van der Waals surface area contributed by atoms with Gasteiger partial charge in [-0.3, -0.25) is 0 Å². The van der Waals surface area contributed by atoms with E-state index in [1.54, 1.807) is 26.6 Å². The van der Waals surface area contributed by atoms with Crippen molar-refractivity contribution in [2.75, 3.05) is 0 Å². The summed E-state index contributed by atoms with van der Waals surface area (Å²) in [4.78, 5) is 0. The Labute approximate surface area is 242 Å². The van der Waals surface area contributed by atoms with Crippen LogP contribution in [-0.2, 0) is 21.3 Å². The molecule has 0 heterocycles. The zero-order valence-electron chi connectivity index (χ0n) is 22.3. The van der Waals surface area contributed by atoms with Crippen molar-refractivity contribution in [1.29, 1.82) is 0 Å². The Hall–Kier alpha value is -1.60. The summed E-state index contributed by atoms with van der Waals surface area (Å²) in [6.07, 6.45) is 4.81. The third-order valence-electron chi connectivity index (χ3n) is 7.64. The van der Waals surface area contributed by atoms with Crippen LogP contribution in [-0.4, -0.2) is 3.71 Å². The molecule has 0 bridgehead atoms. The monoisotopic (exact) mass is 610 g/mol. The van der Waals surface area contributed by atoms with Crippen LogP contribution in [0.2, 0.25) is 0 Å². The van der Waals surface area contributed by atoms with Gasteiger partial charge in [0.25, 0.3) is 0 Å². The quantitative estimate of drug-likeness (QED) is 0.416. The molecule has 0 aromatic heterocycles. The van der Waals surface area contributed by atoms with Crippen LogP contribution in [0.5, 0.6) is 0 Å². The first kappa shape index (κ1) is 30.0. The summed E-state index contributed by atoms with van der Waals surface area (Å²) >= 11 is -2.54. The summed E-state index contributed by atoms with van der Waals surface area (Å²) in [5.74, 6) is 0.339. The molecule has 0 saturated carbocycles. The SMILES string of the molecule is CCC1=[C](/[Zr+2](=[CH]/c2ccc(F)cc2)[CH]2c3ccccc3-c3ccccc32)C(CC)C=C1C(C)(C)C.[Cl-].[Cl-]. The second kappa shape index (κ2) is 12.1. The Morgan fingerprint density at radius 1 is 0.811 bits per heavy atom. The first-order valence-electron chi connectivity index (χ1n) is 12.9. The van der Waals surface area contributed by atoms with E-state index in [4.69, 9.17) is 0 Å². The molecule has 3 aromatic carbocycles. The van der Waals surface area contributed by atoms with Gasteiger partial charge in [0.15, 0.2) is 0 Å². The fourth-order valence-electron chi connectivity index (χ4n) is 6.09. The Balaban J connectivity index is 0.00000190. The van der Waals surface area contributed by atoms with E-state index in [-0.39, 0.29) is 36.0 Å². The maximum atomic E-state index is 13.8. The molecular formula is C33H35Cl2FZr. The van der Waals surface area contributed by atoms with Gasteiger partial charge in [0.1, 0.15) is 0 Å². The molecule has 0 saturated heterocycles. The number of fused-ring (bicyclic) bond motifs is 3. The molecule has 0 N–H and O–H groups in total. The summed E-state index contributed by atoms with van der Waals surface area (Å²) in [5, 5.41) is 0. The van der Waals surface area contributed by atoms with Crippen LogP contribution in [0.3, 0.4) is 0 Å². The first-order valence-corrected chi connectivity index (χ1v) is 17.0. The van der Waals surface area contributed by atoms with Crippen LogP contribution in [0.1, 0.15) is 67.8 Å². The molecule has 2 aliphatic rings. The average molecular weight is 613 g/mol. The molecule has 5 rings (SSSR count). The number of halogens is 3. The van der Waals surface area contributed by atoms with Crippen LogP contribution in [0.15, 0.2) is 93.3 Å². The van der Waals surface area contributed by atoms with Crippen molar-refractivity contribution in [2.24, 2.45) is 11.3 Å². The Bertz CT molecular complexity index is 1310. The smallest absolute Gasteiger partial charge is 1.00 e. The van der Waals surface area contributed by atoms with Gasteiger partial charge < -0.3 is 24.8 Å². The third kappa shape index (κ3) is 5.59. The largest absolute Gasteiger partial charge is 1.00 e. The van der Waals surface area contributed by atoms with Gasteiger partial charge in [-0.25, -0.2) is 0 Å². The predicted octanol–water partition coefficient (Wildman–Crippen LogP) is 3.05. The van der Waals surface area contributed by atoms with Crippen molar-refractivity contribution >= 4 is 3.71 Å². The molecule has 4 heteroatoms. The molecule has 0 radical (unpaired) electrons. The summed E-state index contributed by atoms with van der Waals surface area (Å²) in [6, 6.07) is 25.2. The van der Waals surface area contributed by atoms with Gasteiger partial charge in [0, 0.05) is 0 Å². The average Bonchev–Trinajstić information content (AvgIpc) is 3.40. The van der Waals surface area contributed by atoms with Crippen LogP contribution < -0.4 is 24.8 Å². The van der Waals surface area contributed by atoms with E-state index in [0.717, 1.165) is 12.8 Å². The fourth-order valence-corrected chi connectivity index (χ4v) is 15.3. The van der Waals surface area contributed by atoms with E-state index in [1.165, 1.54) is 27.8 Å². The second-order valence-corrected chi connectivity index (χ2v) is 16.5. The summed E-state index contributed by atoms with van der Waals surface area (Å²) in [6.45, 7) is 11.8. The van der Waals surface area contributed by atoms with Gasteiger partial charge in [0.2, 0.25) is 0 Å². The Morgan fingerprint density at radius 3 is 1.84 bits per heavy atom. The standard InChI is InChI=1S/C13H9.C13H21.C7H5F.2ClH.Zr/c1-3-7-12-10(5-1)9-11-6-2-4-8-13(11)12;1-6-10-8-11(7-2)12(9-10)13(3,4)5;1-6-2-4-7(8)5-3-6;;;/h1-9H;9-10H,6-7H2,1-5H3;1-5H;2*1H;/q;;;;;+2/p-2. The third-order valence-corrected chi connectivity index (χ3v) is 15.5. The van der Waals surface area contributed by atoms with E-state index in [2.05, 4.69) is 92.9 Å². The maximum absolute atomic E-state index is 13.8. The van der Waals surface area contributed by atoms with Crippen molar-refractivity contribution in [1.82, 2.24) is 0 Å². The molecule has 3 aromatic rings. The van der Waals surface area contributed by atoms with Crippen LogP contribution >= 0.6 is 0 Å². The molecule has 1 atom stereocenters. The Kier molecular flexibility index (Phi) is 9.77. The van der Waals surface area contributed by atoms with Crippen molar-refractivity contribution in [2.45, 2.75) is 51.1 Å². The van der Waals surface area contributed by atoms with E-state index in [9.17, 15) is 4.39 Å². The fraction of sp³-hybridized carbons (Fsp3) is 0.303. The summed E-state index contributed by atoms with van der Waals surface area (Å²) in [5.41, 5.74) is 10.2. The number of rotatable bonds is 5. The van der Waals surface area contributed by atoms with Crippen LogP contribution in [0, 0.1) is 17.2 Å². The molecule has 192 valence electrons. The molecular weight excluding hydrogens is 577 g/mol. The normalized spacial score (nSPS) is 16.6. The molecule has 0 aliphatic heterocycles. The number of allylic oxidation sites excluding steroid dienone is 4. The Morgan fingerprint density at radius 2 is 1.35 bits per heavy atom. The zero-order valence-corrected chi connectivity index (χ0v) is 26.3. The maximum Gasteiger partial charge on any atom is -1.00 e. The summed E-state index contributed by atoms with van der Waals surface area (Å²) < 4.78 is 18.6. The molecule has 0 amide bonds. The van der Waals surface area contributed by atoms with Gasteiger partial charge in [-0.15, -0.1) is 0 Å². The molecule has 0 fully saturated rings. The minimum atomic E-state index is -2.54. The van der Waals surface area contributed by atoms with Crippen molar-refractivity contribution in [3.05, 3.63) is 116 Å². The van der Waals surface area contributed by atoms with Gasteiger partial charge in [-0.2, -0.15) is 0 Å². The minimum Gasteiger partial charge on any atom is -1.00 e. The minimum absolute atomic E-state index is 0. The van der Waals surface area contributed by atoms with Crippen molar-refractivity contribution < 1.29 is 50.5 Å². The molecule has 2 aliphatic carbocycles. The van der Waals surface area contributed by atoms with Gasteiger partial charge in [0.05, 0.1) is 0 Å².